The molecular weight excluding hydrogens is 687 g/mol. The van der Waals surface area contributed by atoms with Crippen LogP contribution in [0.15, 0.2) is 48.7 Å². The lowest BCUT2D eigenvalue weighted by atomic mass is 9.81. The Labute approximate surface area is 290 Å². The van der Waals surface area contributed by atoms with E-state index in [0.29, 0.717) is 60.3 Å². The number of methoxy groups -OCH3 is 1. The molecule has 5 rings (SSSR count). The molecule has 2 unspecified atom stereocenters. The second-order valence-corrected chi connectivity index (χ2v) is 12.5. The molecule has 3 N–H and O–H groups in total. The van der Waals surface area contributed by atoms with Crippen LogP contribution in [0.2, 0.25) is 0 Å². The minimum Gasteiger partial charge on any atom is -0.497 e. The number of rotatable bonds is 8. The minimum absolute atomic E-state index is 0.0311. The van der Waals surface area contributed by atoms with Crippen LogP contribution in [-0.2, 0) is 21.9 Å². The third-order valence-electron chi connectivity index (χ3n) is 9.04. The highest BCUT2D eigenvalue weighted by Gasteiger charge is 2.37. The topological polar surface area (TPSA) is 112 Å². The Morgan fingerprint density at radius 1 is 1.02 bits per heavy atom. The van der Waals surface area contributed by atoms with E-state index in [1.54, 1.807) is 29.2 Å². The van der Waals surface area contributed by atoms with E-state index < -0.39 is 53.1 Å². The number of carboxylic acid groups (broad SMARTS) is 2. The number of hydrogen-bond donors (Lipinski definition) is 3. The summed E-state index contributed by atoms with van der Waals surface area (Å²) >= 11 is 0. The third kappa shape index (κ3) is 11.0. The predicted molar refractivity (Wildman–Crippen MR) is 174 cm³/mol. The predicted octanol–water partition coefficient (Wildman–Crippen LogP) is 7.22. The molecule has 2 aliphatic heterocycles. The number of aliphatic carboxylic acids is 2. The molecule has 3 heterocycles. The molecule has 0 radical (unpaired) electrons. The number of likely N-dealkylation sites (tertiary alicyclic amines) is 1. The highest BCUT2D eigenvalue weighted by molar-refractivity contribution is 5.83. The summed E-state index contributed by atoms with van der Waals surface area (Å²) < 4.78 is 99.3. The first-order valence-electron chi connectivity index (χ1n) is 16.3. The first-order chi connectivity index (χ1) is 24.1. The number of aromatic nitrogens is 1. The lowest BCUT2D eigenvalue weighted by molar-refractivity contribution is -0.146. The number of nitrogens with one attached hydrogen (secondary N) is 1. The maximum absolute atomic E-state index is 15.4. The molecule has 2 aromatic carbocycles. The third-order valence-corrected chi connectivity index (χ3v) is 9.04. The highest BCUT2D eigenvalue weighted by atomic mass is 19.4. The number of carbonyl (C=O) groups is 2. The maximum atomic E-state index is 15.4. The van der Waals surface area contributed by atoms with Gasteiger partial charge in [0.1, 0.15) is 11.9 Å². The van der Waals surface area contributed by atoms with Gasteiger partial charge >= 0.3 is 24.3 Å². The highest BCUT2D eigenvalue weighted by Crippen LogP contribution is 2.37. The molecule has 276 valence electrons. The van der Waals surface area contributed by atoms with Crippen molar-refractivity contribution in [2.24, 2.45) is 17.8 Å². The van der Waals surface area contributed by atoms with Crippen LogP contribution in [0.25, 0.3) is 10.9 Å². The lowest BCUT2D eigenvalue weighted by Gasteiger charge is -2.35. The van der Waals surface area contributed by atoms with Crippen LogP contribution in [0.1, 0.15) is 60.5 Å². The quantitative estimate of drug-likeness (QED) is 0.165. The van der Waals surface area contributed by atoms with Gasteiger partial charge in [-0.2, -0.15) is 26.3 Å². The fourth-order valence-corrected chi connectivity index (χ4v) is 6.24. The lowest BCUT2D eigenvalue weighted by Crippen LogP contribution is -2.44. The average Bonchev–Trinajstić information content (AvgIpc) is 3.10. The molecule has 4 atom stereocenters. The van der Waals surface area contributed by atoms with Crippen LogP contribution >= 0.6 is 0 Å². The smallest absolute Gasteiger partial charge is 0.416 e. The van der Waals surface area contributed by atoms with Crippen molar-refractivity contribution in [3.63, 3.8) is 0 Å². The number of nitrogens with zero attached hydrogens (tertiary/aromatic N) is 2. The number of alkyl halides is 7. The summed E-state index contributed by atoms with van der Waals surface area (Å²) in [4.78, 5) is 28.3. The van der Waals surface area contributed by atoms with Crippen LogP contribution in [0, 0.1) is 29.6 Å². The second kappa shape index (κ2) is 17.2. The molecular formula is C36H38F7N3O5. The zero-order valence-electron chi connectivity index (χ0n) is 27.7. The molecule has 0 bridgehead atoms. The number of ether oxygens (including phenoxy) is 1. The Hall–Kier alpha value is -4.42. The van der Waals surface area contributed by atoms with Crippen molar-refractivity contribution in [2.75, 3.05) is 39.8 Å². The fraction of sp³-hybridized carbons (Fsp3) is 0.472. The van der Waals surface area contributed by atoms with Gasteiger partial charge in [0.2, 0.25) is 0 Å². The Bertz CT molecular complexity index is 1700. The second-order valence-electron chi connectivity index (χ2n) is 12.5. The van der Waals surface area contributed by atoms with Gasteiger partial charge in [0.25, 0.3) is 0 Å². The van der Waals surface area contributed by atoms with Crippen molar-refractivity contribution in [1.29, 1.82) is 0 Å². The van der Waals surface area contributed by atoms with Crippen LogP contribution in [0.4, 0.5) is 30.7 Å². The SMILES string of the molecule is COc1ccc2nccc(C(F)CC[C@@H]3CCN(CC#Cc4cc(C(F)(F)F)cc(C(F)(F)F)c4)C[C@@H]3C(=O)O)c2c1.O=C(O)C1CCCNC1. The summed E-state index contributed by atoms with van der Waals surface area (Å²) in [6, 6.07) is 7.86. The summed E-state index contributed by atoms with van der Waals surface area (Å²) in [5.74, 6) is 2.44. The number of pyridine rings is 1. The molecule has 3 aromatic rings. The number of halogens is 7. The molecule has 2 fully saturated rings. The molecule has 0 aliphatic carbocycles. The van der Waals surface area contributed by atoms with E-state index in [1.165, 1.54) is 13.3 Å². The van der Waals surface area contributed by atoms with Gasteiger partial charge in [-0.3, -0.25) is 19.5 Å². The first-order valence-corrected chi connectivity index (χ1v) is 16.3. The summed E-state index contributed by atoms with van der Waals surface area (Å²) in [5.41, 5.74) is -2.33. The van der Waals surface area contributed by atoms with Crippen LogP contribution in [-0.4, -0.2) is 71.9 Å². The molecule has 0 saturated carbocycles. The van der Waals surface area contributed by atoms with Gasteiger partial charge in [-0.15, -0.1) is 0 Å². The molecule has 15 heteroatoms. The van der Waals surface area contributed by atoms with E-state index in [1.807, 2.05) is 0 Å². The number of hydrogen-bond acceptors (Lipinski definition) is 6. The molecule has 2 saturated heterocycles. The zero-order valence-corrected chi connectivity index (χ0v) is 27.7. The van der Waals surface area contributed by atoms with Gasteiger partial charge in [-0.05, 0) is 99.1 Å². The van der Waals surface area contributed by atoms with Crippen molar-refractivity contribution in [1.82, 2.24) is 15.2 Å². The van der Waals surface area contributed by atoms with Gasteiger partial charge in [-0.25, -0.2) is 4.39 Å². The number of piperidine rings is 2. The fourth-order valence-electron chi connectivity index (χ4n) is 6.24. The number of fused-ring (bicyclic) bond motifs is 1. The minimum atomic E-state index is -4.98. The number of carboxylic acids is 2. The summed E-state index contributed by atoms with van der Waals surface area (Å²) in [7, 11) is 1.50. The van der Waals surface area contributed by atoms with Gasteiger partial charge in [-0.1, -0.05) is 11.8 Å². The largest absolute Gasteiger partial charge is 0.497 e. The van der Waals surface area contributed by atoms with E-state index in [-0.39, 0.29) is 37.4 Å². The molecule has 0 spiro atoms. The van der Waals surface area contributed by atoms with E-state index in [4.69, 9.17) is 9.84 Å². The van der Waals surface area contributed by atoms with Crippen molar-refractivity contribution < 1.29 is 55.3 Å². The Balaban J connectivity index is 0.000000563. The first kappa shape index (κ1) is 39.4. The molecule has 51 heavy (non-hydrogen) atoms. The van der Waals surface area contributed by atoms with Crippen molar-refractivity contribution >= 4 is 22.8 Å². The standard InChI is InChI=1S/C30H27F7N2O3.C6H11NO2/c1-42-22-5-7-27-24(16-22)23(8-10-38-27)26(31)6-4-19-9-12-39(17-25(19)28(40)41)11-2-3-18-13-20(29(32,33)34)15-21(14-18)30(35,36)37;8-6(9)5-2-1-3-7-4-5/h5,7-8,10,13-16,19,25-26H,4,6,9,11-12,17H2,1H3,(H,40,41);5,7H,1-4H2,(H,8,9)/t19-,25+,26?;/m1./s1. The monoisotopic (exact) mass is 725 g/mol. The molecule has 2 aliphatic rings. The van der Waals surface area contributed by atoms with E-state index >= 15 is 4.39 Å². The zero-order chi connectivity index (χ0) is 37.3. The summed E-state index contributed by atoms with van der Waals surface area (Å²) in [5, 5.41) is 22.0. The molecule has 8 nitrogen and oxygen atoms in total. The number of benzene rings is 2. The van der Waals surface area contributed by atoms with E-state index in [2.05, 4.69) is 22.1 Å². The van der Waals surface area contributed by atoms with Gasteiger partial charge < -0.3 is 20.3 Å². The summed E-state index contributed by atoms with van der Waals surface area (Å²) in [6.45, 7) is 2.03. The average molecular weight is 726 g/mol. The van der Waals surface area contributed by atoms with Crippen molar-refractivity contribution in [2.45, 2.75) is 50.6 Å². The van der Waals surface area contributed by atoms with Gasteiger partial charge in [0.15, 0.2) is 0 Å². The van der Waals surface area contributed by atoms with Crippen LogP contribution in [0.3, 0.4) is 0 Å². The Morgan fingerprint density at radius 2 is 1.73 bits per heavy atom. The Morgan fingerprint density at radius 3 is 2.29 bits per heavy atom. The normalized spacial score (nSPS) is 20.4. The Kier molecular flexibility index (Phi) is 13.3. The van der Waals surface area contributed by atoms with Gasteiger partial charge in [0, 0.05) is 30.2 Å². The van der Waals surface area contributed by atoms with Gasteiger partial charge in [0.05, 0.1) is 42.1 Å². The maximum Gasteiger partial charge on any atom is 0.416 e. The van der Waals surface area contributed by atoms with Crippen molar-refractivity contribution in [3.05, 3.63) is 70.9 Å². The van der Waals surface area contributed by atoms with Crippen molar-refractivity contribution in [3.8, 4) is 17.6 Å². The van der Waals surface area contributed by atoms with E-state index in [0.717, 1.165) is 19.4 Å². The molecule has 0 amide bonds. The van der Waals surface area contributed by atoms with Crippen LogP contribution in [0.5, 0.6) is 5.75 Å². The molecule has 1 aromatic heterocycles. The van der Waals surface area contributed by atoms with E-state index in [9.17, 15) is 41.0 Å². The summed E-state index contributed by atoms with van der Waals surface area (Å²) in [6.07, 6.45) is -7.18. The van der Waals surface area contributed by atoms with Crippen LogP contribution < -0.4 is 10.1 Å².